The van der Waals surface area contributed by atoms with E-state index < -0.39 is 15.4 Å². The van der Waals surface area contributed by atoms with Gasteiger partial charge in [0.15, 0.2) is 0 Å². The van der Waals surface area contributed by atoms with Crippen molar-refractivity contribution in [2.75, 3.05) is 0 Å². The second-order valence-corrected chi connectivity index (χ2v) is 6.75. The molecule has 0 saturated carbocycles. The van der Waals surface area contributed by atoms with Crippen LogP contribution < -0.4 is 4.74 Å². The van der Waals surface area contributed by atoms with E-state index in [1.54, 1.807) is 6.07 Å². The fraction of sp³-hybridized carbons (Fsp3) is 0.250. The van der Waals surface area contributed by atoms with Gasteiger partial charge in [0, 0.05) is 0 Å². The summed E-state index contributed by atoms with van der Waals surface area (Å²) in [7, 11) is -4.04. The molecular formula is C16H18O4S. The summed E-state index contributed by atoms with van der Waals surface area (Å²) in [6.07, 6.45) is 0.212. The zero-order valence-corrected chi connectivity index (χ0v) is 12.6. The van der Waals surface area contributed by atoms with E-state index in [2.05, 4.69) is 0 Å². The molecule has 0 radical (unpaired) electrons. The molecule has 0 aromatic heterocycles. The summed E-state index contributed by atoms with van der Waals surface area (Å²) in [5.74, 6) is 0.636. The van der Waals surface area contributed by atoms with Gasteiger partial charge in [0.05, 0.1) is 5.25 Å². The summed E-state index contributed by atoms with van der Waals surface area (Å²) in [6, 6.07) is 17.0. The Hall–Kier alpha value is -1.85. The molecule has 0 bridgehead atoms. The van der Waals surface area contributed by atoms with E-state index in [9.17, 15) is 8.42 Å². The van der Waals surface area contributed by atoms with Gasteiger partial charge in [-0.25, -0.2) is 0 Å². The van der Waals surface area contributed by atoms with E-state index in [1.807, 2.05) is 48.5 Å². The highest BCUT2D eigenvalue weighted by atomic mass is 32.2. The summed E-state index contributed by atoms with van der Waals surface area (Å²) in [4.78, 5) is 0. The van der Waals surface area contributed by atoms with Crippen LogP contribution >= 0.6 is 0 Å². The quantitative estimate of drug-likeness (QED) is 0.833. The van der Waals surface area contributed by atoms with E-state index in [0.29, 0.717) is 12.4 Å². The standard InChI is InChI=1S/C16H18O4S/c1-13(21(17,18)19)11-15-9-5-6-10-16(15)20-12-14-7-3-2-4-8-14/h2-10,13H,11-12H2,1H3,(H,17,18,19). The third kappa shape index (κ3) is 4.58. The van der Waals surface area contributed by atoms with Crippen molar-refractivity contribution in [3.8, 4) is 5.75 Å². The van der Waals surface area contributed by atoms with Crippen molar-refractivity contribution < 1.29 is 17.7 Å². The lowest BCUT2D eigenvalue weighted by atomic mass is 10.1. The van der Waals surface area contributed by atoms with Crippen LogP contribution in [0, 0.1) is 0 Å². The summed E-state index contributed by atoms with van der Waals surface area (Å²) in [5.41, 5.74) is 1.80. The molecule has 0 amide bonds. The highest BCUT2D eigenvalue weighted by Crippen LogP contribution is 2.22. The van der Waals surface area contributed by atoms with E-state index in [0.717, 1.165) is 11.1 Å². The van der Waals surface area contributed by atoms with E-state index in [4.69, 9.17) is 9.29 Å². The van der Waals surface area contributed by atoms with Gasteiger partial charge < -0.3 is 4.74 Å². The number of ether oxygens (including phenoxy) is 1. The number of hydrogen-bond acceptors (Lipinski definition) is 3. The molecule has 21 heavy (non-hydrogen) atoms. The van der Waals surface area contributed by atoms with Crippen LogP contribution in [0.5, 0.6) is 5.75 Å². The van der Waals surface area contributed by atoms with Crippen LogP contribution in [-0.4, -0.2) is 18.2 Å². The predicted octanol–water partition coefficient (Wildman–Crippen LogP) is 3.08. The molecular weight excluding hydrogens is 288 g/mol. The van der Waals surface area contributed by atoms with Crippen LogP contribution in [0.15, 0.2) is 54.6 Å². The Balaban J connectivity index is 2.10. The number of hydrogen-bond donors (Lipinski definition) is 1. The van der Waals surface area contributed by atoms with Crippen molar-refractivity contribution in [1.29, 1.82) is 0 Å². The van der Waals surface area contributed by atoms with Gasteiger partial charge in [-0.3, -0.25) is 4.55 Å². The minimum Gasteiger partial charge on any atom is -0.489 e. The molecule has 0 fully saturated rings. The van der Waals surface area contributed by atoms with Gasteiger partial charge in [-0.2, -0.15) is 8.42 Å². The molecule has 0 saturated heterocycles. The molecule has 5 heteroatoms. The fourth-order valence-electron chi connectivity index (χ4n) is 1.96. The minimum atomic E-state index is -4.04. The highest BCUT2D eigenvalue weighted by molar-refractivity contribution is 7.86. The Bertz CT molecular complexity index is 680. The summed E-state index contributed by atoms with van der Waals surface area (Å²) in [6.45, 7) is 1.89. The largest absolute Gasteiger partial charge is 0.489 e. The van der Waals surface area contributed by atoms with E-state index in [1.165, 1.54) is 6.92 Å². The van der Waals surface area contributed by atoms with Gasteiger partial charge >= 0.3 is 0 Å². The Labute approximate surface area is 125 Å². The van der Waals surface area contributed by atoms with Gasteiger partial charge in [-0.1, -0.05) is 48.5 Å². The first-order valence-electron chi connectivity index (χ1n) is 6.68. The molecule has 0 aliphatic carbocycles. The van der Waals surface area contributed by atoms with Crippen molar-refractivity contribution in [3.05, 3.63) is 65.7 Å². The lowest BCUT2D eigenvalue weighted by Crippen LogP contribution is -2.19. The molecule has 0 aliphatic heterocycles. The smallest absolute Gasteiger partial charge is 0.267 e. The summed E-state index contributed by atoms with van der Waals surface area (Å²) in [5, 5.41) is -0.862. The van der Waals surface area contributed by atoms with Gasteiger partial charge in [-0.05, 0) is 30.5 Å². The lowest BCUT2D eigenvalue weighted by molar-refractivity contribution is 0.302. The molecule has 1 N–H and O–H groups in total. The summed E-state index contributed by atoms with van der Waals surface area (Å²) < 4.78 is 37.1. The minimum absolute atomic E-state index is 0.212. The molecule has 1 atom stereocenters. The van der Waals surface area contributed by atoms with Gasteiger partial charge in [0.25, 0.3) is 10.1 Å². The van der Waals surface area contributed by atoms with Crippen LogP contribution in [0.4, 0.5) is 0 Å². The van der Waals surface area contributed by atoms with Crippen molar-refractivity contribution >= 4 is 10.1 Å². The second-order valence-electron chi connectivity index (χ2n) is 4.91. The van der Waals surface area contributed by atoms with Gasteiger partial charge in [0.1, 0.15) is 12.4 Å². The molecule has 2 aromatic carbocycles. The van der Waals surface area contributed by atoms with Crippen molar-refractivity contribution in [2.45, 2.75) is 25.2 Å². The number of rotatable bonds is 6. The SMILES string of the molecule is CC(Cc1ccccc1OCc1ccccc1)S(=O)(=O)O. The number of benzene rings is 2. The fourth-order valence-corrected chi connectivity index (χ4v) is 2.35. The first-order chi connectivity index (χ1) is 9.97. The molecule has 0 heterocycles. The van der Waals surface area contributed by atoms with Crippen molar-refractivity contribution in [1.82, 2.24) is 0 Å². The molecule has 2 aromatic rings. The Morgan fingerprint density at radius 3 is 2.33 bits per heavy atom. The van der Waals surface area contributed by atoms with Crippen LogP contribution in [0.25, 0.3) is 0 Å². The second kappa shape index (κ2) is 6.74. The molecule has 2 rings (SSSR count). The van der Waals surface area contributed by atoms with Crippen LogP contribution in [-0.2, 0) is 23.1 Å². The number of para-hydroxylation sites is 1. The van der Waals surface area contributed by atoms with Gasteiger partial charge in [-0.15, -0.1) is 0 Å². The molecule has 0 aliphatic rings. The van der Waals surface area contributed by atoms with Crippen LogP contribution in [0.3, 0.4) is 0 Å². The summed E-state index contributed by atoms with van der Waals surface area (Å²) >= 11 is 0. The van der Waals surface area contributed by atoms with E-state index in [-0.39, 0.29) is 6.42 Å². The highest BCUT2D eigenvalue weighted by Gasteiger charge is 2.19. The zero-order chi connectivity index (χ0) is 15.3. The van der Waals surface area contributed by atoms with Crippen LogP contribution in [0.1, 0.15) is 18.1 Å². The van der Waals surface area contributed by atoms with Crippen LogP contribution in [0.2, 0.25) is 0 Å². The average Bonchev–Trinajstić information content (AvgIpc) is 2.46. The monoisotopic (exact) mass is 306 g/mol. The lowest BCUT2D eigenvalue weighted by Gasteiger charge is -2.14. The Morgan fingerprint density at radius 2 is 1.67 bits per heavy atom. The predicted molar refractivity (Wildman–Crippen MR) is 81.9 cm³/mol. The molecule has 112 valence electrons. The maximum Gasteiger partial charge on any atom is 0.267 e. The van der Waals surface area contributed by atoms with Crippen molar-refractivity contribution in [3.63, 3.8) is 0 Å². The first kappa shape index (κ1) is 15.5. The molecule has 4 nitrogen and oxygen atoms in total. The topological polar surface area (TPSA) is 63.6 Å². The zero-order valence-electron chi connectivity index (χ0n) is 11.8. The maximum atomic E-state index is 11.1. The Kier molecular flexibility index (Phi) is 4.98. The normalized spacial score (nSPS) is 12.9. The molecule has 0 spiro atoms. The average molecular weight is 306 g/mol. The Morgan fingerprint density at radius 1 is 1.05 bits per heavy atom. The molecule has 1 unspecified atom stereocenters. The van der Waals surface area contributed by atoms with E-state index >= 15 is 0 Å². The third-order valence-corrected chi connectivity index (χ3v) is 4.41. The maximum absolute atomic E-state index is 11.1. The van der Waals surface area contributed by atoms with Gasteiger partial charge in [0.2, 0.25) is 0 Å². The van der Waals surface area contributed by atoms with Crippen molar-refractivity contribution in [2.24, 2.45) is 0 Å². The first-order valence-corrected chi connectivity index (χ1v) is 8.18. The third-order valence-electron chi connectivity index (χ3n) is 3.23.